The summed E-state index contributed by atoms with van der Waals surface area (Å²) in [6, 6.07) is -1.01. The molecule has 0 aromatic carbocycles. The molecule has 0 heterocycles. The molecule has 4 unspecified atom stereocenters. The summed E-state index contributed by atoms with van der Waals surface area (Å²) in [6.07, 6.45) is 45.9. The molecular formula is C44H81N2O7P. The van der Waals surface area contributed by atoms with Gasteiger partial charge in [-0.15, -0.1) is 0 Å². The van der Waals surface area contributed by atoms with E-state index >= 15 is 0 Å². The summed E-state index contributed by atoms with van der Waals surface area (Å²) in [5.41, 5.74) is 5.35. The number of hydrogen-bond acceptors (Lipinski definition) is 7. The molecule has 6 N–H and O–H groups in total. The number of rotatable bonds is 39. The molecule has 0 aromatic heterocycles. The zero-order valence-electron chi connectivity index (χ0n) is 34.3. The first-order valence-electron chi connectivity index (χ1n) is 21.5. The molecule has 1 amide bonds. The van der Waals surface area contributed by atoms with E-state index in [0.717, 1.165) is 64.2 Å². The van der Waals surface area contributed by atoms with Gasteiger partial charge in [-0.1, -0.05) is 158 Å². The van der Waals surface area contributed by atoms with Crippen LogP contribution in [0, 0.1) is 0 Å². The quantitative estimate of drug-likeness (QED) is 0.0179. The summed E-state index contributed by atoms with van der Waals surface area (Å²) in [7, 11) is -4.42. The van der Waals surface area contributed by atoms with E-state index in [4.69, 9.17) is 14.8 Å². The van der Waals surface area contributed by atoms with Crippen LogP contribution in [0.3, 0.4) is 0 Å². The average Bonchev–Trinajstić information content (AvgIpc) is 3.15. The van der Waals surface area contributed by atoms with Gasteiger partial charge in [0.2, 0.25) is 5.91 Å². The number of phosphoric acid groups is 1. The van der Waals surface area contributed by atoms with Gasteiger partial charge in [0.25, 0.3) is 0 Å². The van der Waals surface area contributed by atoms with Crippen LogP contribution in [0.2, 0.25) is 0 Å². The van der Waals surface area contributed by atoms with E-state index < -0.39 is 38.6 Å². The van der Waals surface area contributed by atoms with Crippen molar-refractivity contribution in [3.63, 3.8) is 0 Å². The minimum atomic E-state index is -4.42. The van der Waals surface area contributed by atoms with Crippen molar-refractivity contribution in [2.45, 2.75) is 193 Å². The van der Waals surface area contributed by atoms with Gasteiger partial charge in [-0.25, -0.2) is 4.57 Å². The number of allylic oxidation sites excluding steroid dienone is 9. The molecule has 314 valence electrons. The average molecular weight is 781 g/mol. The third-order valence-electron chi connectivity index (χ3n) is 9.13. The highest BCUT2D eigenvalue weighted by atomic mass is 31.2. The van der Waals surface area contributed by atoms with E-state index in [9.17, 15) is 24.5 Å². The standard InChI is InChI=1S/C44H81N2O7P/c1-3-5-7-9-11-13-15-17-18-19-20-21-22-24-26-28-30-32-34-36-43(48)42(40-53-54(50,51)52-38-37-45)46-44(49)39-41(47)35-33-31-29-27-25-23-16-14-12-10-8-6-4-2/h12,14,16,20-21,23,26,28,34,36,41-43,47-48H,3-11,13,15,17-19,22,24-25,27,29-33,35,37-40,45H2,1-2H3,(H,46,49)(H,50,51)/b14-12-,21-20+,23-16-,28-26+,36-34+. The van der Waals surface area contributed by atoms with Gasteiger partial charge >= 0.3 is 7.82 Å². The van der Waals surface area contributed by atoms with E-state index in [1.807, 2.05) is 6.08 Å². The summed E-state index contributed by atoms with van der Waals surface area (Å²) in [5, 5.41) is 24.0. The molecule has 0 saturated carbocycles. The zero-order chi connectivity index (χ0) is 39.8. The number of aliphatic hydroxyl groups is 2. The van der Waals surface area contributed by atoms with Crippen molar-refractivity contribution in [1.82, 2.24) is 5.32 Å². The Hall–Kier alpha value is -1.84. The molecule has 0 saturated heterocycles. The monoisotopic (exact) mass is 781 g/mol. The van der Waals surface area contributed by atoms with Crippen LogP contribution < -0.4 is 11.1 Å². The van der Waals surface area contributed by atoms with E-state index in [0.29, 0.717) is 12.8 Å². The van der Waals surface area contributed by atoms with Crippen LogP contribution in [0.15, 0.2) is 60.8 Å². The van der Waals surface area contributed by atoms with Crippen LogP contribution in [0.1, 0.15) is 174 Å². The molecule has 0 aliphatic heterocycles. The Labute approximate surface area is 330 Å². The fourth-order valence-electron chi connectivity index (χ4n) is 5.84. The topological polar surface area (TPSA) is 151 Å². The summed E-state index contributed by atoms with van der Waals surface area (Å²) in [6.45, 7) is 3.88. The Balaban J connectivity index is 4.46. The normalized spacial score (nSPS) is 15.3. The Bertz CT molecular complexity index is 1050. The molecular weight excluding hydrogens is 699 g/mol. The van der Waals surface area contributed by atoms with Gasteiger partial charge in [-0.05, 0) is 70.6 Å². The van der Waals surface area contributed by atoms with Gasteiger partial charge < -0.3 is 26.2 Å². The van der Waals surface area contributed by atoms with E-state index in [1.165, 1.54) is 77.0 Å². The molecule has 0 aliphatic carbocycles. The number of carbonyl (C=O) groups is 1. The van der Waals surface area contributed by atoms with Crippen molar-refractivity contribution >= 4 is 13.7 Å². The smallest absolute Gasteiger partial charge is 0.393 e. The van der Waals surface area contributed by atoms with Crippen LogP contribution in [-0.2, 0) is 18.4 Å². The second kappa shape index (κ2) is 39.4. The van der Waals surface area contributed by atoms with Gasteiger partial charge in [0.1, 0.15) is 0 Å². The Kier molecular flexibility index (Phi) is 38.1. The molecule has 10 heteroatoms. The van der Waals surface area contributed by atoms with Gasteiger partial charge in [-0.2, -0.15) is 0 Å². The van der Waals surface area contributed by atoms with Gasteiger partial charge in [0.15, 0.2) is 0 Å². The molecule has 9 nitrogen and oxygen atoms in total. The number of aliphatic hydroxyl groups excluding tert-OH is 2. The summed E-state index contributed by atoms with van der Waals surface area (Å²) < 4.78 is 22.0. The maximum Gasteiger partial charge on any atom is 0.472 e. The highest BCUT2D eigenvalue weighted by Crippen LogP contribution is 2.43. The third kappa shape index (κ3) is 37.1. The maximum absolute atomic E-state index is 12.8. The van der Waals surface area contributed by atoms with Crippen LogP contribution in [-0.4, -0.2) is 59.0 Å². The van der Waals surface area contributed by atoms with Crippen molar-refractivity contribution in [1.29, 1.82) is 0 Å². The van der Waals surface area contributed by atoms with Crippen LogP contribution in [0.4, 0.5) is 0 Å². The van der Waals surface area contributed by atoms with Crippen molar-refractivity contribution < 1.29 is 33.5 Å². The highest BCUT2D eigenvalue weighted by molar-refractivity contribution is 7.47. The lowest BCUT2D eigenvalue weighted by atomic mass is 10.0. The molecule has 0 rings (SSSR count). The fraction of sp³-hybridized carbons (Fsp3) is 0.750. The predicted molar refractivity (Wildman–Crippen MR) is 227 cm³/mol. The molecule has 0 bridgehead atoms. The van der Waals surface area contributed by atoms with E-state index in [1.54, 1.807) is 6.08 Å². The maximum atomic E-state index is 12.8. The first-order valence-corrected chi connectivity index (χ1v) is 23.0. The van der Waals surface area contributed by atoms with Crippen molar-refractivity contribution in [3.05, 3.63) is 60.8 Å². The largest absolute Gasteiger partial charge is 0.472 e. The minimum absolute atomic E-state index is 0.0375. The number of nitrogens with one attached hydrogen (secondary N) is 1. The number of hydrogen-bond donors (Lipinski definition) is 5. The molecule has 0 radical (unpaired) electrons. The lowest BCUT2D eigenvalue weighted by Crippen LogP contribution is -2.46. The third-order valence-corrected chi connectivity index (χ3v) is 10.1. The number of amides is 1. The number of carbonyl (C=O) groups excluding carboxylic acids is 1. The summed E-state index contributed by atoms with van der Waals surface area (Å²) in [5.74, 6) is -0.475. The van der Waals surface area contributed by atoms with Crippen LogP contribution >= 0.6 is 7.82 Å². The van der Waals surface area contributed by atoms with Gasteiger partial charge in [0, 0.05) is 6.54 Å². The van der Waals surface area contributed by atoms with E-state index in [-0.39, 0.29) is 19.6 Å². The van der Waals surface area contributed by atoms with Crippen molar-refractivity contribution in [2.24, 2.45) is 5.73 Å². The Morgan fingerprint density at radius 2 is 1.11 bits per heavy atom. The highest BCUT2D eigenvalue weighted by Gasteiger charge is 2.27. The second-order valence-electron chi connectivity index (χ2n) is 14.4. The van der Waals surface area contributed by atoms with Crippen LogP contribution in [0.5, 0.6) is 0 Å². The SMILES string of the molecule is CCCCC/C=C\C=C/CCCCCCC(O)CC(=O)NC(COP(=O)(O)OCCN)C(O)/C=C/CC/C=C/CC/C=C/CCCCCCCCCCC. The number of phosphoric ester groups is 1. The molecule has 0 fully saturated rings. The predicted octanol–water partition coefficient (Wildman–Crippen LogP) is 10.9. The minimum Gasteiger partial charge on any atom is -0.393 e. The number of unbranched alkanes of at least 4 members (excludes halogenated alkanes) is 18. The summed E-state index contributed by atoms with van der Waals surface area (Å²) >= 11 is 0. The molecule has 0 aromatic rings. The second-order valence-corrected chi connectivity index (χ2v) is 15.8. The first-order chi connectivity index (χ1) is 26.3. The zero-order valence-corrected chi connectivity index (χ0v) is 35.2. The first kappa shape index (κ1) is 52.2. The summed E-state index contributed by atoms with van der Waals surface area (Å²) in [4.78, 5) is 22.7. The van der Waals surface area contributed by atoms with Crippen LogP contribution in [0.25, 0.3) is 0 Å². The van der Waals surface area contributed by atoms with Crippen molar-refractivity contribution in [2.75, 3.05) is 19.8 Å². The van der Waals surface area contributed by atoms with Gasteiger partial charge in [-0.3, -0.25) is 13.8 Å². The van der Waals surface area contributed by atoms with Crippen molar-refractivity contribution in [3.8, 4) is 0 Å². The molecule has 0 spiro atoms. The molecule has 4 atom stereocenters. The van der Waals surface area contributed by atoms with E-state index in [2.05, 4.69) is 67.8 Å². The fourth-order valence-corrected chi connectivity index (χ4v) is 6.60. The molecule has 54 heavy (non-hydrogen) atoms. The molecule has 0 aliphatic rings. The van der Waals surface area contributed by atoms with Gasteiger partial charge in [0.05, 0.1) is 37.9 Å². The Morgan fingerprint density at radius 3 is 1.69 bits per heavy atom. The lowest BCUT2D eigenvalue weighted by Gasteiger charge is -2.24. The number of nitrogens with two attached hydrogens (primary N) is 1. The lowest BCUT2D eigenvalue weighted by molar-refractivity contribution is -0.124. The Morgan fingerprint density at radius 1 is 0.648 bits per heavy atom.